The van der Waals surface area contributed by atoms with Crippen molar-refractivity contribution in [1.29, 1.82) is 0 Å². The first-order chi connectivity index (χ1) is 9.83. The highest BCUT2D eigenvalue weighted by Crippen LogP contribution is 2.36. The number of hydrazine groups is 1. The van der Waals surface area contributed by atoms with E-state index in [0.717, 1.165) is 6.07 Å². The number of nitrogens with two attached hydrogens (primary N) is 1. The molecule has 4 N–H and O–H groups in total. The Hall–Kier alpha value is -1.08. The average Bonchev–Trinajstić information content (AvgIpc) is 2.86. The van der Waals surface area contributed by atoms with Crippen LogP contribution in [0.15, 0.2) is 10.3 Å². The van der Waals surface area contributed by atoms with Gasteiger partial charge >= 0.3 is 5.69 Å². The van der Waals surface area contributed by atoms with Crippen molar-refractivity contribution in [2.24, 2.45) is 5.84 Å². The first-order valence-electron chi connectivity index (χ1n) is 5.95. The Morgan fingerprint density at radius 3 is 2.52 bits per heavy atom. The van der Waals surface area contributed by atoms with Gasteiger partial charge in [0.2, 0.25) is 0 Å². The van der Waals surface area contributed by atoms with Crippen LogP contribution >= 0.6 is 11.3 Å². The van der Waals surface area contributed by atoms with E-state index < -0.39 is 25.7 Å². The van der Waals surface area contributed by atoms with Gasteiger partial charge in [-0.2, -0.15) is 0 Å². The number of nitrogen functional groups attached to an aromatic ring is 1. The smallest absolute Gasteiger partial charge is 0.306 e. The predicted octanol–water partition coefficient (Wildman–Crippen LogP) is 0.131. The molecule has 0 spiro atoms. The predicted molar refractivity (Wildman–Crippen MR) is 80.0 cm³/mol. The van der Waals surface area contributed by atoms with Gasteiger partial charge in [-0.3, -0.25) is 14.3 Å². The van der Waals surface area contributed by atoms with Crippen LogP contribution in [0.5, 0.6) is 0 Å². The Labute approximate surface area is 127 Å². The lowest BCUT2D eigenvalue weighted by Crippen LogP contribution is -2.39. The molecule has 1 aliphatic heterocycles. The minimum Gasteiger partial charge on any atom is -0.310 e. The Bertz CT molecular complexity index is 661. The van der Waals surface area contributed by atoms with E-state index in [4.69, 9.17) is 5.84 Å². The van der Waals surface area contributed by atoms with E-state index in [1.165, 1.54) is 0 Å². The van der Waals surface area contributed by atoms with Gasteiger partial charge in [0, 0.05) is 34.4 Å². The number of rotatable bonds is 5. The quantitative estimate of drug-likeness (QED) is 0.387. The summed E-state index contributed by atoms with van der Waals surface area (Å²) in [5, 5.41) is 10.8. The highest BCUT2D eigenvalue weighted by Gasteiger charge is 2.29. The zero-order valence-electron chi connectivity index (χ0n) is 10.8. The van der Waals surface area contributed by atoms with Crippen molar-refractivity contribution in [3.8, 4) is 0 Å². The van der Waals surface area contributed by atoms with Crippen LogP contribution in [0.4, 0.5) is 10.7 Å². The van der Waals surface area contributed by atoms with Crippen LogP contribution in [-0.2, 0) is 20.8 Å². The standard InChI is InChI=1S/C9H14N4O5S3/c10-11-9-7(13(14)15)5-8(19-9)21(17,18)12-6-1-3-20(16)4-2-6/h5-6,11-12H,1-4,10H2. The topological polar surface area (TPSA) is 144 Å². The first-order valence-corrected chi connectivity index (χ1v) is 9.74. The lowest BCUT2D eigenvalue weighted by Gasteiger charge is -2.21. The second-order valence-electron chi connectivity index (χ2n) is 4.42. The van der Waals surface area contributed by atoms with Crippen LogP contribution in [0.25, 0.3) is 0 Å². The molecule has 2 heterocycles. The van der Waals surface area contributed by atoms with Gasteiger partial charge in [-0.1, -0.05) is 11.3 Å². The highest BCUT2D eigenvalue weighted by atomic mass is 32.2. The molecule has 1 saturated heterocycles. The molecule has 0 aliphatic carbocycles. The maximum absolute atomic E-state index is 12.2. The third kappa shape index (κ3) is 3.77. The summed E-state index contributed by atoms with van der Waals surface area (Å²) < 4.78 is 38.0. The van der Waals surface area contributed by atoms with E-state index >= 15 is 0 Å². The van der Waals surface area contributed by atoms with Crippen molar-refractivity contribution in [2.75, 3.05) is 16.9 Å². The van der Waals surface area contributed by atoms with Crippen LogP contribution in [0.2, 0.25) is 0 Å². The molecule has 9 nitrogen and oxygen atoms in total. The molecule has 0 aromatic carbocycles. The van der Waals surface area contributed by atoms with Gasteiger partial charge < -0.3 is 5.43 Å². The summed E-state index contributed by atoms with van der Waals surface area (Å²) in [6, 6.07) is 0.673. The Morgan fingerprint density at radius 2 is 2.05 bits per heavy atom. The normalized spacial score (nSPS) is 22.9. The summed E-state index contributed by atoms with van der Waals surface area (Å²) in [6.45, 7) is 0. The van der Waals surface area contributed by atoms with Gasteiger partial charge in [-0.05, 0) is 12.8 Å². The number of nitrogens with one attached hydrogen (secondary N) is 2. The lowest BCUT2D eigenvalue weighted by molar-refractivity contribution is -0.383. The van der Waals surface area contributed by atoms with Crippen LogP contribution in [0.3, 0.4) is 0 Å². The number of hydrogen-bond acceptors (Lipinski definition) is 8. The molecule has 0 radical (unpaired) electrons. The maximum Gasteiger partial charge on any atom is 0.306 e. The summed E-state index contributed by atoms with van der Waals surface area (Å²) >= 11 is 0.696. The van der Waals surface area contributed by atoms with Crippen molar-refractivity contribution < 1.29 is 17.6 Å². The molecule has 1 fully saturated rings. The molecule has 2 rings (SSSR count). The molecule has 1 aromatic rings. The van der Waals surface area contributed by atoms with E-state index in [9.17, 15) is 22.7 Å². The molecule has 1 aromatic heterocycles. The van der Waals surface area contributed by atoms with E-state index in [1.807, 2.05) is 0 Å². The number of nitro groups is 1. The molecular formula is C9H14N4O5S3. The van der Waals surface area contributed by atoms with Crippen molar-refractivity contribution in [3.05, 3.63) is 16.2 Å². The highest BCUT2D eigenvalue weighted by molar-refractivity contribution is 7.91. The zero-order valence-corrected chi connectivity index (χ0v) is 13.2. The number of hydrogen-bond donors (Lipinski definition) is 3. The number of anilines is 1. The van der Waals surface area contributed by atoms with Crippen LogP contribution < -0.4 is 16.0 Å². The largest absolute Gasteiger partial charge is 0.310 e. The van der Waals surface area contributed by atoms with E-state index in [1.54, 1.807) is 0 Å². The number of thiophene rings is 1. The molecule has 21 heavy (non-hydrogen) atoms. The van der Waals surface area contributed by atoms with Crippen LogP contribution in [0, 0.1) is 10.1 Å². The minimum absolute atomic E-state index is 0.0230. The van der Waals surface area contributed by atoms with Crippen molar-refractivity contribution in [3.63, 3.8) is 0 Å². The SMILES string of the molecule is NNc1sc(S(=O)(=O)NC2CCS(=O)CC2)cc1[N+](=O)[O-]. The minimum atomic E-state index is -3.85. The monoisotopic (exact) mass is 354 g/mol. The number of sulfonamides is 1. The van der Waals surface area contributed by atoms with E-state index in [-0.39, 0.29) is 20.9 Å². The fraction of sp³-hybridized carbons (Fsp3) is 0.556. The molecule has 0 atom stereocenters. The summed E-state index contributed by atoms with van der Waals surface area (Å²) in [6.07, 6.45) is 0.975. The molecule has 1 aliphatic rings. The van der Waals surface area contributed by atoms with E-state index in [0.29, 0.717) is 35.7 Å². The second kappa shape index (κ2) is 6.36. The van der Waals surface area contributed by atoms with Crippen LogP contribution in [0.1, 0.15) is 12.8 Å². The Morgan fingerprint density at radius 1 is 1.43 bits per heavy atom. The molecule has 0 amide bonds. The summed E-state index contributed by atoms with van der Waals surface area (Å²) in [5.41, 5.74) is 1.74. The summed E-state index contributed by atoms with van der Waals surface area (Å²) in [7, 11) is -4.74. The molecular weight excluding hydrogens is 340 g/mol. The average molecular weight is 354 g/mol. The molecule has 0 saturated carbocycles. The summed E-state index contributed by atoms with van der Waals surface area (Å²) in [5.74, 6) is 6.06. The van der Waals surface area contributed by atoms with Gasteiger partial charge in [0.25, 0.3) is 10.0 Å². The fourth-order valence-electron chi connectivity index (χ4n) is 1.92. The van der Waals surface area contributed by atoms with Gasteiger partial charge in [0.05, 0.1) is 4.92 Å². The lowest BCUT2D eigenvalue weighted by atomic mass is 10.2. The third-order valence-electron chi connectivity index (χ3n) is 2.99. The van der Waals surface area contributed by atoms with Gasteiger partial charge in [-0.15, -0.1) is 0 Å². The molecule has 118 valence electrons. The molecule has 12 heteroatoms. The zero-order chi connectivity index (χ0) is 15.6. The number of nitrogens with zero attached hydrogens (tertiary/aromatic N) is 1. The van der Waals surface area contributed by atoms with Crippen molar-refractivity contribution >= 4 is 42.8 Å². The van der Waals surface area contributed by atoms with Crippen molar-refractivity contribution in [1.82, 2.24) is 4.72 Å². The third-order valence-corrected chi connectivity index (χ3v) is 7.42. The summed E-state index contributed by atoms with van der Waals surface area (Å²) in [4.78, 5) is 10.1. The van der Waals surface area contributed by atoms with Gasteiger partial charge in [0.1, 0.15) is 4.21 Å². The molecule has 0 bridgehead atoms. The van der Waals surface area contributed by atoms with Gasteiger partial charge in [0.15, 0.2) is 5.00 Å². The van der Waals surface area contributed by atoms with Crippen LogP contribution in [-0.4, -0.2) is 35.1 Å². The fourth-order valence-corrected chi connectivity index (χ4v) is 5.78. The maximum atomic E-state index is 12.2. The van der Waals surface area contributed by atoms with Gasteiger partial charge in [-0.25, -0.2) is 19.0 Å². The first kappa shape index (κ1) is 16.3. The Kier molecular flexibility index (Phi) is 4.93. The second-order valence-corrected chi connectivity index (χ2v) is 9.11. The Balaban J connectivity index is 2.19. The molecule has 0 unspecified atom stereocenters. The van der Waals surface area contributed by atoms with Crippen molar-refractivity contribution in [2.45, 2.75) is 23.1 Å². The van der Waals surface area contributed by atoms with E-state index in [2.05, 4.69) is 10.1 Å².